The smallest absolute Gasteiger partial charge is 0.877 e. The summed E-state index contributed by atoms with van der Waals surface area (Å²) in [5.74, 6) is -0.364. The molecule has 0 N–H and O–H groups in total. The van der Waals surface area contributed by atoms with E-state index >= 15 is 0 Å². The van der Waals surface area contributed by atoms with Gasteiger partial charge < -0.3 is 5.11 Å². The van der Waals surface area contributed by atoms with Crippen molar-refractivity contribution in [2.45, 2.75) is 13.8 Å². The molecule has 1 amide bonds. The number of aryl methyl sites for hydroxylation is 1. The molecule has 1 aliphatic rings. The van der Waals surface area contributed by atoms with Gasteiger partial charge in [-0.15, -0.1) is 6.26 Å². The van der Waals surface area contributed by atoms with Gasteiger partial charge in [-0.05, 0) is 26.0 Å². The van der Waals surface area contributed by atoms with E-state index in [-0.39, 0.29) is 41.0 Å². The van der Waals surface area contributed by atoms with E-state index in [0.717, 1.165) is 5.56 Å². The second-order valence-electron chi connectivity index (χ2n) is 3.67. The zero-order chi connectivity index (χ0) is 11.7. The van der Waals surface area contributed by atoms with Crippen LogP contribution in [0.15, 0.2) is 41.2 Å². The summed E-state index contributed by atoms with van der Waals surface area (Å²) < 4.78 is 0. The van der Waals surface area contributed by atoms with Crippen LogP contribution in [0.2, 0.25) is 0 Å². The zero-order valence-corrected chi connectivity index (χ0v) is 12.1. The van der Waals surface area contributed by atoms with Crippen molar-refractivity contribution >= 4 is 17.3 Å². The van der Waals surface area contributed by atoms with Crippen LogP contribution in [0.1, 0.15) is 12.5 Å². The SMILES string of the molecule is CC1=NN(c2ccc(C)cc2)C(=O)/C1=C\[O-].[Na+]. The first-order chi connectivity index (χ1) is 7.63. The molecule has 0 saturated heterocycles. The molecule has 0 aliphatic carbocycles. The largest absolute Gasteiger partial charge is 1.00 e. The van der Waals surface area contributed by atoms with E-state index in [1.165, 1.54) is 5.01 Å². The summed E-state index contributed by atoms with van der Waals surface area (Å²) in [5.41, 5.74) is 2.36. The Bertz CT molecular complexity index is 492. The Kier molecular flexibility index (Phi) is 4.51. The number of hydrazone groups is 1. The molecule has 0 bridgehead atoms. The Hall–Kier alpha value is -1.10. The molecule has 0 spiro atoms. The fourth-order valence-electron chi connectivity index (χ4n) is 1.51. The van der Waals surface area contributed by atoms with Gasteiger partial charge in [0.25, 0.3) is 5.91 Å². The average molecular weight is 238 g/mol. The number of carbonyl (C=O) groups excluding carboxylic acids is 1. The minimum atomic E-state index is -0.364. The molecule has 17 heavy (non-hydrogen) atoms. The van der Waals surface area contributed by atoms with E-state index in [4.69, 9.17) is 0 Å². The van der Waals surface area contributed by atoms with Gasteiger partial charge in [0.15, 0.2) is 0 Å². The Morgan fingerprint density at radius 3 is 2.29 bits per heavy atom. The fraction of sp³-hybridized carbons (Fsp3) is 0.167. The van der Waals surface area contributed by atoms with Gasteiger partial charge in [0.1, 0.15) is 0 Å². The normalized spacial score (nSPS) is 17.1. The quantitative estimate of drug-likeness (QED) is 0.322. The summed E-state index contributed by atoms with van der Waals surface area (Å²) in [5, 5.41) is 16.0. The van der Waals surface area contributed by atoms with E-state index in [1.54, 1.807) is 19.1 Å². The Labute approximate surface area is 122 Å². The molecule has 1 heterocycles. The summed E-state index contributed by atoms with van der Waals surface area (Å²) in [4.78, 5) is 11.8. The van der Waals surface area contributed by atoms with Crippen molar-refractivity contribution < 1.29 is 39.5 Å². The van der Waals surface area contributed by atoms with Crippen LogP contribution in [-0.2, 0) is 4.79 Å². The molecule has 0 unspecified atom stereocenters. The minimum absolute atomic E-state index is 0. The molecular weight excluding hydrogens is 227 g/mol. The first-order valence-corrected chi connectivity index (χ1v) is 4.92. The molecule has 5 heteroatoms. The molecule has 4 nitrogen and oxygen atoms in total. The van der Waals surface area contributed by atoms with Crippen LogP contribution >= 0.6 is 0 Å². The number of benzene rings is 1. The number of amides is 1. The number of anilines is 1. The molecule has 1 aliphatic heterocycles. The molecule has 0 fully saturated rings. The zero-order valence-electron chi connectivity index (χ0n) is 10.1. The molecular formula is C12H11N2NaO2. The van der Waals surface area contributed by atoms with Crippen molar-refractivity contribution in [2.24, 2.45) is 5.10 Å². The predicted molar refractivity (Wildman–Crippen MR) is 59.9 cm³/mol. The predicted octanol–water partition coefficient (Wildman–Crippen LogP) is -2.03. The first-order valence-electron chi connectivity index (χ1n) is 4.92. The number of hydrogen-bond acceptors (Lipinski definition) is 3. The number of carbonyl (C=O) groups is 1. The van der Waals surface area contributed by atoms with Gasteiger partial charge in [0.2, 0.25) is 0 Å². The average Bonchev–Trinajstić information content (AvgIpc) is 2.55. The van der Waals surface area contributed by atoms with Gasteiger partial charge in [0, 0.05) is 5.57 Å². The van der Waals surface area contributed by atoms with Gasteiger partial charge in [-0.3, -0.25) is 4.79 Å². The standard InChI is InChI=1S/C12H12N2O2.Na/c1-8-3-5-10(6-4-8)14-12(16)11(7-15)9(2)13-14;/h3-7,15H,1-2H3;/q;+1/p-1/b11-7-;. The van der Waals surface area contributed by atoms with Gasteiger partial charge in [-0.25, -0.2) is 0 Å². The topological polar surface area (TPSA) is 55.7 Å². The van der Waals surface area contributed by atoms with Crippen LogP contribution < -0.4 is 39.7 Å². The molecule has 0 atom stereocenters. The summed E-state index contributed by atoms with van der Waals surface area (Å²) in [6.45, 7) is 3.61. The van der Waals surface area contributed by atoms with Gasteiger partial charge in [-0.2, -0.15) is 10.1 Å². The van der Waals surface area contributed by atoms with E-state index in [1.807, 2.05) is 19.1 Å². The maximum absolute atomic E-state index is 11.8. The molecule has 0 saturated carbocycles. The van der Waals surface area contributed by atoms with E-state index in [2.05, 4.69) is 5.10 Å². The molecule has 1 aromatic carbocycles. The van der Waals surface area contributed by atoms with Crippen LogP contribution in [0.5, 0.6) is 0 Å². The number of nitrogens with zero attached hydrogens (tertiary/aromatic N) is 2. The molecule has 0 aromatic heterocycles. The van der Waals surface area contributed by atoms with Gasteiger partial charge in [-0.1, -0.05) is 17.7 Å². The maximum atomic E-state index is 11.8. The Morgan fingerprint density at radius 2 is 1.82 bits per heavy atom. The van der Waals surface area contributed by atoms with Crippen molar-refractivity contribution in [3.8, 4) is 0 Å². The Balaban J connectivity index is 0.00000144. The third-order valence-corrected chi connectivity index (χ3v) is 2.46. The summed E-state index contributed by atoms with van der Waals surface area (Å²) in [7, 11) is 0. The van der Waals surface area contributed by atoms with Gasteiger partial charge >= 0.3 is 29.6 Å². The second-order valence-corrected chi connectivity index (χ2v) is 3.67. The van der Waals surface area contributed by atoms with Crippen molar-refractivity contribution in [3.05, 3.63) is 41.7 Å². The number of hydrogen-bond donors (Lipinski definition) is 0. The van der Waals surface area contributed by atoms with Crippen LogP contribution in [0.3, 0.4) is 0 Å². The van der Waals surface area contributed by atoms with Crippen LogP contribution in [0.4, 0.5) is 5.69 Å². The van der Waals surface area contributed by atoms with Crippen LogP contribution in [-0.4, -0.2) is 11.6 Å². The Morgan fingerprint density at radius 1 is 1.24 bits per heavy atom. The fourth-order valence-corrected chi connectivity index (χ4v) is 1.51. The molecule has 2 rings (SSSR count). The maximum Gasteiger partial charge on any atom is 1.00 e. The van der Waals surface area contributed by atoms with Crippen LogP contribution in [0, 0.1) is 6.92 Å². The third kappa shape index (κ3) is 2.60. The monoisotopic (exact) mass is 238 g/mol. The van der Waals surface area contributed by atoms with Crippen molar-refractivity contribution in [2.75, 3.05) is 5.01 Å². The van der Waals surface area contributed by atoms with E-state index in [9.17, 15) is 9.90 Å². The second kappa shape index (κ2) is 5.49. The molecule has 0 radical (unpaired) electrons. The number of rotatable bonds is 1. The van der Waals surface area contributed by atoms with Crippen molar-refractivity contribution in [3.63, 3.8) is 0 Å². The van der Waals surface area contributed by atoms with Crippen LogP contribution in [0.25, 0.3) is 0 Å². The minimum Gasteiger partial charge on any atom is -0.877 e. The van der Waals surface area contributed by atoms with Crippen molar-refractivity contribution in [1.29, 1.82) is 0 Å². The van der Waals surface area contributed by atoms with E-state index in [0.29, 0.717) is 17.7 Å². The molecule has 1 aromatic rings. The van der Waals surface area contributed by atoms with Crippen molar-refractivity contribution in [1.82, 2.24) is 0 Å². The van der Waals surface area contributed by atoms with E-state index < -0.39 is 0 Å². The third-order valence-electron chi connectivity index (χ3n) is 2.46. The summed E-state index contributed by atoms with van der Waals surface area (Å²) in [6.07, 6.45) is 0.551. The summed E-state index contributed by atoms with van der Waals surface area (Å²) >= 11 is 0. The van der Waals surface area contributed by atoms with Gasteiger partial charge in [0.05, 0.1) is 11.4 Å². The summed E-state index contributed by atoms with van der Waals surface area (Å²) in [6, 6.07) is 7.40. The first kappa shape index (κ1) is 14.0. The molecule has 82 valence electrons.